The quantitative estimate of drug-likeness (QED) is 0.634. The summed E-state index contributed by atoms with van der Waals surface area (Å²) >= 11 is 3.30. The van der Waals surface area contributed by atoms with E-state index in [0.717, 1.165) is 0 Å². The molecule has 1 aromatic carbocycles. The van der Waals surface area contributed by atoms with Crippen molar-refractivity contribution in [3.63, 3.8) is 0 Å². The highest BCUT2D eigenvalue weighted by Crippen LogP contribution is 2.32. The maximum absolute atomic E-state index is 12.2. The first kappa shape index (κ1) is 16.6. The molecule has 0 saturated carbocycles. The number of rotatable bonds is 5. The van der Waals surface area contributed by atoms with Crippen LogP contribution in [0.1, 0.15) is 25.8 Å². The summed E-state index contributed by atoms with van der Waals surface area (Å²) in [5.41, 5.74) is 5.80. The van der Waals surface area contributed by atoms with E-state index in [4.69, 9.17) is 5.73 Å². The minimum absolute atomic E-state index is 0.0329. The van der Waals surface area contributed by atoms with E-state index in [1.807, 2.05) is 6.92 Å². The summed E-state index contributed by atoms with van der Waals surface area (Å²) in [5, 5.41) is 13.6. The molecule has 1 unspecified atom stereocenters. The Kier molecular flexibility index (Phi) is 5.24. The third-order valence-electron chi connectivity index (χ3n) is 3.51. The molecule has 1 rings (SSSR count). The SMILES string of the molecule is CCC(C)(CN)C(=O)Nc1cc([N+](=O)[O-])c(C)cc1Br. The molecule has 0 aliphatic carbocycles. The molecule has 6 nitrogen and oxygen atoms in total. The van der Waals surface area contributed by atoms with Crippen molar-refractivity contribution in [1.82, 2.24) is 0 Å². The molecule has 0 aromatic heterocycles. The summed E-state index contributed by atoms with van der Waals surface area (Å²) in [6.45, 7) is 5.49. The van der Waals surface area contributed by atoms with Crippen molar-refractivity contribution >= 4 is 33.2 Å². The number of aryl methyl sites for hydroxylation is 1. The lowest BCUT2D eigenvalue weighted by atomic mass is 9.86. The van der Waals surface area contributed by atoms with Gasteiger partial charge in [0.05, 0.1) is 16.0 Å². The fourth-order valence-electron chi connectivity index (χ4n) is 1.62. The highest BCUT2D eigenvalue weighted by atomic mass is 79.9. The standard InChI is InChI=1S/C13H18BrN3O3/c1-4-13(3,7-15)12(18)16-10-6-11(17(19)20)8(2)5-9(10)14/h5-6H,4,7,15H2,1-3H3,(H,16,18). The third kappa shape index (κ3) is 3.34. The predicted molar refractivity (Wildman–Crippen MR) is 81.6 cm³/mol. The van der Waals surface area contributed by atoms with Gasteiger partial charge in [-0.2, -0.15) is 0 Å². The normalized spacial score (nSPS) is 13.7. The Labute approximate surface area is 126 Å². The van der Waals surface area contributed by atoms with E-state index in [-0.39, 0.29) is 18.1 Å². The molecule has 1 aromatic rings. The molecule has 0 saturated heterocycles. The van der Waals surface area contributed by atoms with E-state index < -0.39 is 10.3 Å². The Bertz CT molecular complexity index is 542. The van der Waals surface area contributed by atoms with Crippen LogP contribution in [0.2, 0.25) is 0 Å². The smallest absolute Gasteiger partial charge is 0.274 e. The van der Waals surface area contributed by atoms with Crippen LogP contribution >= 0.6 is 15.9 Å². The minimum Gasteiger partial charge on any atom is -0.329 e. The first-order valence-corrected chi connectivity index (χ1v) is 7.00. The molecule has 0 heterocycles. The van der Waals surface area contributed by atoms with E-state index in [1.165, 1.54) is 6.07 Å². The fraction of sp³-hybridized carbons (Fsp3) is 0.462. The van der Waals surface area contributed by atoms with Crippen molar-refractivity contribution in [1.29, 1.82) is 0 Å². The number of nitrogens with zero attached hydrogens (tertiary/aromatic N) is 1. The number of carbonyl (C=O) groups is 1. The van der Waals surface area contributed by atoms with Crippen molar-refractivity contribution in [3.05, 3.63) is 32.3 Å². The van der Waals surface area contributed by atoms with Gasteiger partial charge in [0, 0.05) is 22.6 Å². The van der Waals surface area contributed by atoms with Crippen molar-refractivity contribution in [2.75, 3.05) is 11.9 Å². The molecule has 7 heteroatoms. The van der Waals surface area contributed by atoms with E-state index >= 15 is 0 Å². The second-order valence-electron chi connectivity index (χ2n) is 4.95. The van der Waals surface area contributed by atoms with Crippen LogP contribution in [0.3, 0.4) is 0 Å². The number of benzene rings is 1. The molecule has 0 aliphatic heterocycles. The van der Waals surface area contributed by atoms with E-state index in [2.05, 4.69) is 21.2 Å². The molecular weight excluding hydrogens is 326 g/mol. The Morgan fingerprint density at radius 2 is 2.15 bits per heavy atom. The van der Waals surface area contributed by atoms with Crippen LogP contribution in [-0.2, 0) is 4.79 Å². The molecule has 0 aliphatic rings. The van der Waals surface area contributed by atoms with E-state index in [9.17, 15) is 14.9 Å². The van der Waals surface area contributed by atoms with Gasteiger partial charge < -0.3 is 11.1 Å². The second-order valence-corrected chi connectivity index (χ2v) is 5.80. The Morgan fingerprint density at radius 3 is 2.60 bits per heavy atom. The number of halogens is 1. The Morgan fingerprint density at radius 1 is 1.55 bits per heavy atom. The second kappa shape index (κ2) is 6.32. The number of nitro groups is 1. The van der Waals surface area contributed by atoms with Gasteiger partial charge in [-0.25, -0.2) is 0 Å². The number of nitrogens with one attached hydrogen (secondary N) is 1. The highest BCUT2D eigenvalue weighted by Gasteiger charge is 2.30. The van der Waals surface area contributed by atoms with Crippen molar-refractivity contribution in [3.8, 4) is 0 Å². The zero-order chi connectivity index (χ0) is 15.5. The lowest BCUT2D eigenvalue weighted by molar-refractivity contribution is -0.385. The highest BCUT2D eigenvalue weighted by molar-refractivity contribution is 9.10. The summed E-state index contributed by atoms with van der Waals surface area (Å²) in [6.07, 6.45) is 0.584. The summed E-state index contributed by atoms with van der Waals surface area (Å²) in [4.78, 5) is 22.7. The number of hydrogen-bond donors (Lipinski definition) is 2. The van der Waals surface area contributed by atoms with Gasteiger partial charge in [-0.05, 0) is 42.3 Å². The first-order chi connectivity index (χ1) is 9.25. The van der Waals surface area contributed by atoms with Crippen LogP contribution in [0.5, 0.6) is 0 Å². The van der Waals surface area contributed by atoms with Crippen LogP contribution in [0.4, 0.5) is 11.4 Å². The van der Waals surface area contributed by atoms with Gasteiger partial charge >= 0.3 is 0 Å². The summed E-state index contributed by atoms with van der Waals surface area (Å²) in [6, 6.07) is 2.96. The topological polar surface area (TPSA) is 98.3 Å². The monoisotopic (exact) mass is 343 g/mol. The molecule has 0 spiro atoms. The Hall–Kier alpha value is -1.47. The van der Waals surface area contributed by atoms with Gasteiger partial charge in [0.1, 0.15) is 0 Å². The zero-order valence-electron chi connectivity index (χ0n) is 11.7. The summed E-state index contributed by atoms with van der Waals surface area (Å²) < 4.78 is 0.601. The number of anilines is 1. The van der Waals surface area contributed by atoms with E-state index in [1.54, 1.807) is 19.9 Å². The zero-order valence-corrected chi connectivity index (χ0v) is 13.3. The number of carbonyl (C=O) groups excluding carboxylic acids is 1. The summed E-state index contributed by atoms with van der Waals surface area (Å²) in [5.74, 6) is -0.249. The number of nitrogens with two attached hydrogens (primary N) is 1. The Balaban J connectivity index is 3.13. The molecule has 1 atom stereocenters. The van der Waals surface area contributed by atoms with Crippen LogP contribution in [0, 0.1) is 22.5 Å². The van der Waals surface area contributed by atoms with Crippen molar-refractivity contribution in [2.45, 2.75) is 27.2 Å². The van der Waals surface area contributed by atoms with Crippen LogP contribution < -0.4 is 11.1 Å². The number of amides is 1. The molecule has 3 N–H and O–H groups in total. The van der Waals surface area contributed by atoms with Crippen LogP contribution in [0.25, 0.3) is 0 Å². The van der Waals surface area contributed by atoms with Gasteiger partial charge in [0.25, 0.3) is 5.69 Å². The van der Waals surface area contributed by atoms with Gasteiger partial charge in [-0.15, -0.1) is 0 Å². The summed E-state index contributed by atoms with van der Waals surface area (Å²) in [7, 11) is 0. The number of nitro benzene ring substituents is 1. The number of hydrogen-bond acceptors (Lipinski definition) is 4. The van der Waals surface area contributed by atoms with Gasteiger partial charge in [0.2, 0.25) is 5.91 Å². The molecule has 1 amide bonds. The average Bonchev–Trinajstić information content (AvgIpc) is 2.40. The van der Waals surface area contributed by atoms with Gasteiger partial charge in [-0.1, -0.05) is 6.92 Å². The predicted octanol–water partition coefficient (Wildman–Crippen LogP) is 2.98. The third-order valence-corrected chi connectivity index (χ3v) is 4.17. The molecule has 0 radical (unpaired) electrons. The largest absolute Gasteiger partial charge is 0.329 e. The molecule has 0 fully saturated rings. The molecule has 110 valence electrons. The van der Waals surface area contributed by atoms with E-state index in [0.29, 0.717) is 22.1 Å². The lowest BCUT2D eigenvalue weighted by Gasteiger charge is -2.25. The molecular formula is C13H18BrN3O3. The van der Waals surface area contributed by atoms with Gasteiger partial charge in [0.15, 0.2) is 0 Å². The van der Waals surface area contributed by atoms with Gasteiger partial charge in [-0.3, -0.25) is 14.9 Å². The molecule has 20 heavy (non-hydrogen) atoms. The van der Waals surface area contributed by atoms with Crippen molar-refractivity contribution in [2.24, 2.45) is 11.1 Å². The average molecular weight is 344 g/mol. The maximum Gasteiger partial charge on any atom is 0.274 e. The first-order valence-electron chi connectivity index (χ1n) is 6.21. The fourth-order valence-corrected chi connectivity index (χ4v) is 2.18. The minimum atomic E-state index is -0.695. The maximum atomic E-state index is 12.2. The van der Waals surface area contributed by atoms with Crippen molar-refractivity contribution < 1.29 is 9.72 Å². The van der Waals surface area contributed by atoms with Crippen LogP contribution in [0.15, 0.2) is 16.6 Å². The lowest BCUT2D eigenvalue weighted by Crippen LogP contribution is -2.39. The van der Waals surface area contributed by atoms with Crippen LogP contribution in [-0.4, -0.2) is 17.4 Å². The molecule has 0 bridgehead atoms.